The molecule has 0 unspecified atom stereocenters. The van der Waals surface area contributed by atoms with Gasteiger partial charge < -0.3 is 14.5 Å². The third-order valence-electron chi connectivity index (χ3n) is 4.71. The molecule has 0 N–H and O–H groups in total. The SMILES string of the molecule is O=C([C@H]1Cc2ccccc2O1)N1CCN(c2ccc(F)cc2)CC1. The lowest BCUT2D eigenvalue weighted by Gasteiger charge is -2.37. The van der Waals surface area contributed by atoms with Crippen LogP contribution in [0.3, 0.4) is 0 Å². The summed E-state index contributed by atoms with van der Waals surface area (Å²) in [6.07, 6.45) is 0.243. The van der Waals surface area contributed by atoms with Gasteiger partial charge in [-0.3, -0.25) is 4.79 Å². The Kier molecular flexibility index (Phi) is 3.84. The fourth-order valence-electron chi connectivity index (χ4n) is 3.36. The van der Waals surface area contributed by atoms with Crippen LogP contribution in [-0.2, 0) is 11.2 Å². The molecule has 0 aromatic heterocycles. The minimum atomic E-state index is -0.403. The highest BCUT2D eigenvalue weighted by molar-refractivity contribution is 5.83. The molecule has 2 aromatic carbocycles. The zero-order chi connectivity index (χ0) is 16.5. The predicted molar refractivity (Wildman–Crippen MR) is 89.8 cm³/mol. The lowest BCUT2D eigenvalue weighted by atomic mass is 10.1. The first-order chi connectivity index (χ1) is 11.7. The molecule has 2 aromatic rings. The van der Waals surface area contributed by atoms with Crippen LogP contribution in [-0.4, -0.2) is 43.1 Å². The van der Waals surface area contributed by atoms with Crippen LogP contribution in [0.4, 0.5) is 10.1 Å². The van der Waals surface area contributed by atoms with E-state index in [1.54, 1.807) is 12.1 Å². The van der Waals surface area contributed by atoms with Gasteiger partial charge >= 0.3 is 0 Å². The number of piperazine rings is 1. The summed E-state index contributed by atoms with van der Waals surface area (Å²) >= 11 is 0. The number of hydrogen-bond donors (Lipinski definition) is 0. The summed E-state index contributed by atoms with van der Waals surface area (Å²) in [7, 11) is 0. The monoisotopic (exact) mass is 326 g/mol. The minimum absolute atomic E-state index is 0.0601. The quantitative estimate of drug-likeness (QED) is 0.850. The molecular formula is C19H19FN2O2. The number of carbonyl (C=O) groups excluding carboxylic acids is 1. The molecule has 2 aliphatic heterocycles. The van der Waals surface area contributed by atoms with Gasteiger partial charge in [0.05, 0.1) is 0 Å². The summed E-state index contributed by atoms with van der Waals surface area (Å²) in [5, 5.41) is 0. The highest BCUT2D eigenvalue weighted by Gasteiger charge is 2.33. The van der Waals surface area contributed by atoms with E-state index in [2.05, 4.69) is 4.90 Å². The van der Waals surface area contributed by atoms with E-state index < -0.39 is 6.10 Å². The molecule has 4 rings (SSSR count). The first-order valence-corrected chi connectivity index (χ1v) is 8.24. The molecule has 0 bridgehead atoms. The fraction of sp³-hybridized carbons (Fsp3) is 0.316. The molecular weight excluding hydrogens is 307 g/mol. The summed E-state index contributed by atoms with van der Waals surface area (Å²) in [5.41, 5.74) is 2.09. The number of para-hydroxylation sites is 1. The van der Waals surface area contributed by atoms with E-state index in [9.17, 15) is 9.18 Å². The van der Waals surface area contributed by atoms with E-state index in [1.165, 1.54) is 12.1 Å². The highest BCUT2D eigenvalue weighted by atomic mass is 19.1. The molecule has 124 valence electrons. The molecule has 0 spiro atoms. The molecule has 4 nitrogen and oxygen atoms in total. The van der Waals surface area contributed by atoms with Crippen molar-refractivity contribution in [3.63, 3.8) is 0 Å². The third-order valence-corrected chi connectivity index (χ3v) is 4.71. The maximum Gasteiger partial charge on any atom is 0.264 e. The predicted octanol–water partition coefficient (Wildman–Crippen LogP) is 2.48. The number of fused-ring (bicyclic) bond motifs is 1. The Balaban J connectivity index is 1.36. The van der Waals surface area contributed by atoms with Gasteiger partial charge in [-0.25, -0.2) is 4.39 Å². The Bertz CT molecular complexity index is 714. The Hall–Kier alpha value is -2.56. The number of nitrogens with zero attached hydrogens (tertiary/aromatic N) is 2. The fourth-order valence-corrected chi connectivity index (χ4v) is 3.36. The number of halogens is 1. The van der Waals surface area contributed by atoms with Crippen molar-refractivity contribution in [1.29, 1.82) is 0 Å². The summed E-state index contributed by atoms with van der Waals surface area (Å²) in [6.45, 7) is 2.81. The topological polar surface area (TPSA) is 32.8 Å². The van der Waals surface area contributed by atoms with Gasteiger partial charge in [-0.1, -0.05) is 18.2 Å². The molecule has 0 aliphatic carbocycles. The van der Waals surface area contributed by atoms with E-state index in [1.807, 2.05) is 29.2 Å². The zero-order valence-corrected chi connectivity index (χ0v) is 13.3. The van der Waals surface area contributed by atoms with Crippen molar-refractivity contribution in [2.45, 2.75) is 12.5 Å². The third kappa shape index (κ3) is 2.82. The second-order valence-corrected chi connectivity index (χ2v) is 6.21. The minimum Gasteiger partial charge on any atom is -0.480 e. The van der Waals surface area contributed by atoms with Crippen LogP contribution >= 0.6 is 0 Å². The molecule has 5 heteroatoms. The van der Waals surface area contributed by atoms with Crippen molar-refractivity contribution in [3.05, 3.63) is 59.9 Å². The van der Waals surface area contributed by atoms with Crippen molar-refractivity contribution >= 4 is 11.6 Å². The van der Waals surface area contributed by atoms with Crippen molar-refractivity contribution < 1.29 is 13.9 Å². The average molecular weight is 326 g/mol. The van der Waals surface area contributed by atoms with Crippen LogP contribution in [0.1, 0.15) is 5.56 Å². The van der Waals surface area contributed by atoms with Crippen molar-refractivity contribution in [2.24, 2.45) is 0 Å². The standard InChI is InChI=1S/C19H19FN2O2/c20-15-5-7-16(8-6-15)21-9-11-22(12-10-21)19(23)18-13-14-3-1-2-4-17(14)24-18/h1-8,18H,9-13H2/t18-/m1/s1. The lowest BCUT2D eigenvalue weighted by Crippen LogP contribution is -2.52. The summed E-state index contributed by atoms with van der Waals surface area (Å²) < 4.78 is 18.8. The maximum atomic E-state index is 13.0. The Morgan fingerprint density at radius 1 is 1.00 bits per heavy atom. The van der Waals surface area contributed by atoms with Crippen LogP contribution in [0.5, 0.6) is 5.75 Å². The number of amides is 1. The Labute approximate surface area is 140 Å². The van der Waals surface area contributed by atoms with Gasteiger partial charge in [-0.05, 0) is 35.9 Å². The van der Waals surface area contributed by atoms with E-state index >= 15 is 0 Å². The molecule has 1 amide bonds. The first-order valence-electron chi connectivity index (χ1n) is 8.24. The van der Waals surface area contributed by atoms with Crippen molar-refractivity contribution in [3.8, 4) is 5.75 Å². The van der Waals surface area contributed by atoms with Gasteiger partial charge in [0.1, 0.15) is 11.6 Å². The zero-order valence-electron chi connectivity index (χ0n) is 13.3. The van der Waals surface area contributed by atoms with Gasteiger partial charge in [0.2, 0.25) is 0 Å². The second kappa shape index (κ2) is 6.15. The first kappa shape index (κ1) is 15.0. The van der Waals surface area contributed by atoms with Crippen LogP contribution in [0.25, 0.3) is 0 Å². The molecule has 0 radical (unpaired) electrons. The van der Waals surface area contributed by atoms with Gasteiger partial charge in [-0.15, -0.1) is 0 Å². The van der Waals surface area contributed by atoms with Gasteiger partial charge in [0, 0.05) is 38.3 Å². The van der Waals surface area contributed by atoms with Crippen molar-refractivity contribution in [1.82, 2.24) is 4.90 Å². The van der Waals surface area contributed by atoms with Gasteiger partial charge in [0.15, 0.2) is 6.10 Å². The number of benzene rings is 2. The molecule has 24 heavy (non-hydrogen) atoms. The average Bonchev–Trinajstić information content (AvgIpc) is 3.06. The van der Waals surface area contributed by atoms with Crippen LogP contribution in [0.2, 0.25) is 0 Å². The maximum absolute atomic E-state index is 13.0. The van der Waals surface area contributed by atoms with E-state index in [4.69, 9.17) is 4.74 Å². The summed E-state index contributed by atoms with van der Waals surface area (Å²) in [5.74, 6) is 0.649. The molecule has 2 aliphatic rings. The molecule has 1 atom stereocenters. The smallest absolute Gasteiger partial charge is 0.264 e. The number of anilines is 1. The highest BCUT2D eigenvalue weighted by Crippen LogP contribution is 2.29. The van der Waals surface area contributed by atoms with Gasteiger partial charge in [0.25, 0.3) is 5.91 Å². The lowest BCUT2D eigenvalue weighted by molar-refractivity contribution is -0.138. The van der Waals surface area contributed by atoms with Crippen molar-refractivity contribution in [2.75, 3.05) is 31.1 Å². The normalized spacial score (nSPS) is 19.8. The van der Waals surface area contributed by atoms with Crippen LogP contribution in [0.15, 0.2) is 48.5 Å². The van der Waals surface area contributed by atoms with Crippen LogP contribution in [0, 0.1) is 5.82 Å². The Morgan fingerprint density at radius 3 is 2.42 bits per heavy atom. The van der Waals surface area contributed by atoms with E-state index in [0.717, 1.165) is 30.1 Å². The number of ether oxygens (including phenoxy) is 1. The van der Waals surface area contributed by atoms with E-state index in [-0.39, 0.29) is 11.7 Å². The second-order valence-electron chi connectivity index (χ2n) is 6.21. The summed E-state index contributed by atoms with van der Waals surface area (Å²) in [4.78, 5) is 16.7. The largest absolute Gasteiger partial charge is 0.480 e. The molecule has 1 fully saturated rings. The van der Waals surface area contributed by atoms with Gasteiger partial charge in [-0.2, -0.15) is 0 Å². The Morgan fingerprint density at radius 2 is 1.71 bits per heavy atom. The van der Waals surface area contributed by atoms with Crippen LogP contribution < -0.4 is 9.64 Å². The number of rotatable bonds is 2. The molecule has 1 saturated heterocycles. The summed E-state index contributed by atoms with van der Waals surface area (Å²) in [6, 6.07) is 14.3. The number of hydrogen-bond acceptors (Lipinski definition) is 3. The molecule has 2 heterocycles. The van der Waals surface area contributed by atoms with E-state index in [0.29, 0.717) is 19.5 Å². The number of carbonyl (C=O) groups is 1. The molecule has 0 saturated carbocycles.